The lowest BCUT2D eigenvalue weighted by atomic mass is 10.1. The third-order valence-corrected chi connectivity index (χ3v) is 3.75. The summed E-state index contributed by atoms with van der Waals surface area (Å²) in [5, 5.41) is 11.3. The van der Waals surface area contributed by atoms with Crippen LogP contribution in [-0.4, -0.2) is 27.5 Å². The predicted octanol–water partition coefficient (Wildman–Crippen LogP) is 2.12. The minimum absolute atomic E-state index is 0.101. The molecule has 8 heteroatoms. The van der Waals surface area contributed by atoms with E-state index < -0.39 is 0 Å². The Hall–Kier alpha value is -3.68. The molecule has 0 spiro atoms. The minimum Gasteiger partial charge on any atom is -0.369 e. The van der Waals surface area contributed by atoms with E-state index in [1.807, 2.05) is 31.2 Å². The first-order valence-electron chi connectivity index (χ1n) is 7.93. The zero-order chi connectivity index (χ0) is 18.7. The summed E-state index contributed by atoms with van der Waals surface area (Å²) in [6.07, 6.45) is 1.70. The molecule has 0 aliphatic heterocycles. The molecule has 3 aromatic rings. The van der Waals surface area contributed by atoms with Gasteiger partial charge in [-0.2, -0.15) is 5.10 Å². The summed E-state index contributed by atoms with van der Waals surface area (Å²) < 4.78 is 0. The van der Waals surface area contributed by atoms with Gasteiger partial charge in [-0.05, 0) is 49.2 Å². The van der Waals surface area contributed by atoms with Crippen molar-refractivity contribution in [2.45, 2.75) is 13.8 Å². The van der Waals surface area contributed by atoms with Gasteiger partial charge in [0.1, 0.15) is 11.5 Å². The quantitative estimate of drug-likeness (QED) is 0.326. The van der Waals surface area contributed by atoms with Crippen LogP contribution in [0.25, 0.3) is 10.9 Å². The average molecular weight is 349 g/mol. The number of amides is 1. The van der Waals surface area contributed by atoms with Crippen LogP contribution < -0.4 is 16.8 Å². The Kier molecular flexibility index (Phi) is 4.66. The second-order valence-electron chi connectivity index (χ2n) is 5.87. The molecular weight excluding hydrogens is 330 g/mol. The fraction of sp³-hybridized carbons (Fsp3) is 0.111. The van der Waals surface area contributed by atoms with Crippen LogP contribution in [0.2, 0.25) is 0 Å². The molecule has 3 rings (SSSR count). The largest absolute Gasteiger partial charge is 0.369 e. The number of pyridine rings is 1. The highest BCUT2D eigenvalue weighted by Crippen LogP contribution is 2.19. The van der Waals surface area contributed by atoms with E-state index in [0.717, 1.165) is 22.0 Å². The molecule has 0 radical (unpaired) electrons. The van der Waals surface area contributed by atoms with Crippen molar-refractivity contribution in [3.8, 4) is 0 Å². The lowest BCUT2D eigenvalue weighted by Crippen LogP contribution is -2.22. The van der Waals surface area contributed by atoms with Crippen molar-refractivity contribution in [3.05, 3.63) is 59.4 Å². The predicted molar refractivity (Wildman–Crippen MR) is 103 cm³/mol. The molecule has 0 aliphatic rings. The molecule has 0 bridgehead atoms. The van der Waals surface area contributed by atoms with Gasteiger partial charge in [-0.1, -0.05) is 12.1 Å². The van der Waals surface area contributed by atoms with Gasteiger partial charge < -0.3 is 21.8 Å². The number of fused-ring (bicyclic) bond motifs is 1. The standard InChI is InChI=1S/C18H19N7O/c1-10-3-6-16(21-9-10)23-17(26)15-8-13-7-12(4-5-14(13)22-15)11(2)24-25-18(19)20/h3-9,22H,1-2H3,(H4,19,20,25)(H,21,23,26). The van der Waals surface area contributed by atoms with Crippen LogP contribution in [-0.2, 0) is 0 Å². The van der Waals surface area contributed by atoms with Crippen molar-refractivity contribution in [2.75, 3.05) is 5.32 Å². The number of anilines is 1. The molecule has 0 saturated carbocycles. The van der Waals surface area contributed by atoms with Gasteiger partial charge in [0.05, 0.1) is 5.71 Å². The number of nitrogens with two attached hydrogens (primary N) is 2. The van der Waals surface area contributed by atoms with Crippen LogP contribution in [0, 0.1) is 6.92 Å². The van der Waals surface area contributed by atoms with Crippen LogP contribution in [0.1, 0.15) is 28.5 Å². The molecule has 8 nitrogen and oxygen atoms in total. The number of H-pyrrole nitrogens is 1. The first-order valence-corrected chi connectivity index (χ1v) is 7.93. The van der Waals surface area contributed by atoms with Gasteiger partial charge in [-0.3, -0.25) is 4.79 Å². The van der Waals surface area contributed by atoms with Crippen LogP contribution >= 0.6 is 0 Å². The van der Waals surface area contributed by atoms with Crippen molar-refractivity contribution < 1.29 is 4.79 Å². The molecule has 2 heterocycles. The zero-order valence-electron chi connectivity index (χ0n) is 14.4. The maximum atomic E-state index is 12.4. The Morgan fingerprint density at radius 1 is 1.15 bits per heavy atom. The van der Waals surface area contributed by atoms with Crippen LogP contribution in [0.15, 0.2) is 52.8 Å². The van der Waals surface area contributed by atoms with Gasteiger partial charge in [0.25, 0.3) is 5.91 Å². The molecule has 0 fully saturated rings. The lowest BCUT2D eigenvalue weighted by molar-refractivity contribution is 0.102. The highest BCUT2D eigenvalue weighted by Gasteiger charge is 2.11. The monoisotopic (exact) mass is 349 g/mol. The Morgan fingerprint density at radius 2 is 1.96 bits per heavy atom. The van der Waals surface area contributed by atoms with Gasteiger partial charge in [0.15, 0.2) is 0 Å². The number of nitrogens with zero attached hydrogens (tertiary/aromatic N) is 3. The highest BCUT2D eigenvalue weighted by atomic mass is 16.1. The average Bonchev–Trinajstić information content (AvgIpc) is 3.05. The summed E-state index contributed by atoms with van der Waals surface area (Å²) in [5.74, 6) is 0.140. The first-order chi connectivity index (χ1) is 12.4. The number of carbonyl (C=O) groups is 1. The summed E-state index contributed by atoms with van der Waals surface area (Å²) in [4.78, 5) is 19.7. The minimum atomic E-state index is -0.259. The summed E-state index contributed by atoms with van der Waals surface area (Å²) in [7, 11) is 0. The molecule has 0 aliphatic carbocycles. The molecule has 0 unspecified atom stereocenters. The van der Waals surface area contributed by atoms with E-state index in [1.54, 1.807) is 25.3 Å². The van der Waals surface area contributed by atoms with Crippen LogP contribution in [0.3, 0.4) is 0 Å². The van der Waals surface area contributed by atoms with Gasteiger partial charge in [-0.15, -0.1) is 5.10 Å². The van der Waals surface area contributed by atoms with E-state index >= 15 is 0 Å². The van der Waals surface area contributed by atoms with Crippen molar-refractivity contribution in [1.82, 2.24) is 9.97 Å². The summed E-state index contributed by atoms with van der Waals surface area (Å²) in [5.41, 5.74) is 14.4. The second kappa shape index (κ2) is 7.06. The van der Waals surface area contributed by atoms with E-state index in [9.17, 15) is 4.79 Å². The molecule has 132 valence electrons. The second-order valence-corrected chi connectivity index (χ2v) is 5.87. The molecule has 2 aromatic heterocycles. The number of hydrogen-bond donors (Lipinski definition) is 4. The summed E-state index contributed by atoms with van der Waals surface area (Å²) in [6, 6.07) is 11.1. The number of aromatic amines is 1. The van der Waals surface area contributed by atoms with E-state index in [-0.39, 0.29) is 11.9 Å². The van der Waals surface area contributed by atoms with Crippen LogP contribution in [0.5, 0.6) is 0 Å². The molecule has 0 saturated heterocycles. The number of guanidine groups is 1. The van der Waals surface area contributed by atoms with Gasteiger partial charge in [0, 0.05) is 17.1 Å². The van der Waals surface area contributed by atoms with Crippen LogP contribution in [0.4, 0.5) is 5.82 Å². The SMILES string of the molecule is CC(=NN=C(N)N)c1ccc2[nH]c(C(=O)Nc3ccc(C)cn3)cc2c1. The van der Waals surface area contributed by atoms with Gasteiger partial charge in [0.2, 0.25) is 5.96 Å². The van der Waals surface area contributed by atoms with Crippen molar-refractivity contribution >= 4 is 34.3 Å². The normalized spacial score (nSPS) is 11.4. The Balaban J connectivity index is 1.84. The lowest BCUT2D eigenvalue weighted by Gasteiger charge is -2.02. The number of rotatable bonds is 4. The van der Waals surface area contributed by atoms with Gasteiger partial charge in [-0.25, -0.2) is 4.98 Å². The Morgan fingerprint density at radius 3 is 2.65 bits per heavy atom. The zero-order valence-corrected chi connectivity index (χ0v) is 14.4. The molecule has 1 aromatic carbocycles. The number of aromatic nitrogens is 2. The third-order valence-electron chi connectivity index (χ3n) is 3.75. The third kappa shape index (κ3) is 3.86. The number of carbonyl (C=O) groups excluding carboxylic acids is 1. The fourth-order valence-electron chi connectivity index (χ4n) is 2.40. The number of aryl methyl sites for hydroxylation is 1. The number of benzene rings is 1. The molecule has 1 amide bonds. The van der Waals surface area contributed by atoms with Crippen molar-refractivity contribution in [3.63, 3.8) is 0 Å². The Bertz CT molecular complexity index is 1010. The number of nitrogens with one attached hydrogen (secondary N) is 2. The highest BCUT2D eigenvalue weighted by molar-refractivity contribution is 6.07. The summed E-state index contributed by atoms with van der Waals surface area (Å²) in [6.45, 7) is 3.74. The maximum absolute atomic E-state index is 12.4. The fourth-order valence-corrected chi connectivity index (χ4v) is 2.40. The van der Waals surface area contributed by atoms with E-state index in [1.165, 1.54) is 0 Å². The number of hydrogen-bond acceptors (Lipinski definition) is 4. The Labute approximate surface area is 150 Å². The van der Waals surface area contributed by atoms with E-state index in [0.29, 0.717) is 17.2 Å². The smallest absolute Gasteiger partial charge is 0.273 e. The van der Waals surface area contributed by atoms with E-state index in [4.69, 9.17) is 11.5 Å². The first kappa shape index (κ1) is 17.2. The molecule has 6 N–H and O–H groups in total. The summed E-state index contributed by atoms with van der Waals surface area (Å²) >= 11 is 0. The molecular formula is C18H19N7O. The topological polar surface area (TPSA) is 135 Å². The molecule has 0 atom stereocenters. The van der Waals surface area contributed by atoms with Crippen molar-refractivity contribution in [1.29, 1.82) is 0 Å². The van der Waals surface area contributed by atoms with E-state index in [2.05, 4.69) is 25.5 Å². The molecule has 26 heavy (non-hydrogen) atoms. The maximum Gasteiger partial charge on any atom is 0.273 e. The van der Waals surface area contributed by atoms with Crippen molar-refractivity contribution in [2.24, 2.45) is 21.7 Å². The van der Waals surface area contributed by atoms with Gasteiger partial charge >= 0.3 is 0 Å².